The molecule has 1 aliphatic heterocycles. The standard InChI is InChI=1S/C32H38N4O5/c1-4-16-35-28-20-27(33-30(28)31(38)36(17-5-2)32(35)39)24-8-12-26(13-9-24)41-21-29(37)34-18-14-23(15-19-34)22-6-10-25(40-3)11-7-22/h6-13,20,23,33H,4-5,14-19,21H2,1-3H3. The first-order valence-corrected chi connectivity index (χ1v) is 14.4. The zero-order chi connectivity index (χ0) is 28.9. The molecule has 1 N–H and O–H groups in total. The number of benzene rings is 2. The maximum Gasteiger partial charge on any atom is 0.331 e. The number of hydrogen-bond donors (Lipinski definition) is 1. The second-order valence-corrected chi connectivity index (χ2v) is 10.6. The van der Waals surface area contributed by atoms with Crippen LogP contribution in [0.2, 0.25) is 0 Å². The second kappa shape index (κ2) is 12.5. The first-order valence-electron chi connectivity index (χ1n) is 14.4. The van der Waals surface area contributed by atoms with Crippen molar-refractivity contribution in [2.24, 2.45) is 0 Å². The number of piperidine rings is 1. The van der Waals surface area contributed by atoms with Gasteiger partial charge in [0.15, 0.2) is 6.61 Å². The van der Waals surface area contributed by atoms with Gasteiger partial charge in [-0.25, -0.2) is 4.79 Å². The zero-order valence-corrected chi connectivity index (χ0v) is 24.0. The van der Waals surface area contributed by atoms with E-state index in [2.05, 4.69) is 17.1 Å². The van der Waals surface area contributed by atoms with Crippen molar-refractivity contribution in [2.45, 2.75) is 58.5 Å². The van der Waals surface area contributed by atoms with E-state index in [9.17, 15) is 14.4 Å². The van der Waals surface area contributed by atoms with Crippen LogP contribution >= 0.6 is 0 Å². The SMILES string of the molecule is CCCn1c(=O)c2[nH]c(-c3ccc(OCC(=O)N4CCC(c5ccc(OC)cc5)CC4)cc3)cc2n(CCC)c1=O. The first-order chi connectivity index (χ1) is 19.9. The van der Waals surface area contributed by atoms with Crippen molar-refractivity contribution in [2.75, 3.05) is 26.8 Å². The molecule has 0 saturated carbocycles. The van der Waals surface area contributed by atoms with Gasteiger partial charge in [-0.3, -0.25) is 18.7 Å². The monoisotopic (exact) mass is 558 g/mol. The van der Waals surface area contributed by atoms with Crippen LogP contribution in [0.4, 0.5) is 0 Å². The molecule has 1 amide bonds. The third kappa shape index (κ3) is 5.94. The molecule has 3 heterocycles. The topological polar surface area (TPSA) is 98.6 Å². The van der Waals surface area contributed by atoms with Gasteiger partial charge in [-0.2, -0.15) is 0 Å². The van der Waals surface area contributed by atoms with Crippen LogP contribution in [0.1, 0.15) is 51.0 Å². The third-order valence-corrected chi connectivity index (χ3v) is 7.87. The van der Waals surface area contributed by atoms with Gasteiger partial charge in [-0.1, -0.05) is 26.0 Å². The van der Waals surface area contributed by atoms with Crippen LogP contribution in [0, 0.1) is 0 Å². The second-order valence-electron chi connectivity index (χ2n) is 10.6. The molecule has 5 rings (SSSR count). The lowest BCUT2D eigenvalue weighted by molar-refractivity contribution is -0.134. The number of hydrogen-bond acceptors (Lipinski definition) is 5. The normalized spacial score (nSPS) is 14.0. The van der Waals surface area contributed by atoms with Crippen LogP contribution in [-0.2, 0) is 17.9 Å². The molecule has 41 heavy (non-hydrogen) atoms. The molecule has 0 aliphatic carbocycles. The highest BCUT2D eigenvalue weighted by atomic mass is 16.5. The summed E-state index contributed by atoms with van der Waals surface area (Å²) in [6.45, 7) is 6.29. The third-order valence-electron chi connectivity index (χ3n) is 7.87. The summed E-state index contributed by atoms with van der Waals surface area (Å²) in [5.74, 6) is 1.87. The highest BCUT2D eigenvalue weighted by Gasteiger charge is 2.24. The van der Waals surface area contributed by atoms with Gasteiger partial charge in [0.05, 0.1) is 12.6 Å². The van der Waals surface area contributed by atoms with Crippen molar-refractivity contribution in [1.82, 2.24) is 19.0 Å². The van der Waals surface area contributed by atoms with E-state index in [1.807, 2.05) is 61.2 Å². The largest absolute Gasteiger partial charge is 0.497 e. The number of carbonyl (C=O) groups excluding carboxylic acids is 1. The van der Waals surface area contributed by atoms with Crippen LogP contribution in [-0.4, -0.2) is 51.7 Å². The first kappa shape index (κ1) is 28.3. The van der Waals surface area contributed by atoms with E-state index in [0.717, 1.165) is 36.3 Å². The number of methoxy groups -OCH3 is 1. The number of rotatable bonds is 10. The molecule has 4 aromatic rings. The van der Waals surface area contributed by atoms with Gasteiger partial charge in [0, 0.05) is 31.9 Å². The van der Waals surface area contributed by atoms with Crippen LogP contribution in [0.15, 0.2) is 64.2 Å². The van der Waals surface area contributed by atoms with Gasteiger partial charge in [-0.15, -0.1) is 0 Å². The zero-order valence-electron chi connectivity index (χ0n) is 24.0. The molecule has 1 fully saturated rings. The number of likely N-dealkylation sites (tertiary alicyclic amines) is 1. The predicted octanol–water partition coefficient (Wildman–Crippen LogP) is 4.77. The fourth-order valence-corrected chi connectivity index (χ4v) is 5.61. The van der Waals surface area contributed by atoms with Gasteiger partial charge >= 0.3 is 5.69 Å². The van der Waals surface area contributed by atoms with Crippen molar-refractivity contribution in [1.29, 1.82) is 0 Å². The lowest BCUT2D eigenvalue weighted by atomic mass is 9.89. The molecule has 2 aromatic heterocycles. The summed E-state index contributed by atoms with van der Waals surface area (Å²) in [6, 6.07) is 17.5. The Bertz CT molecular complexity index is 1610. The highest BCUT2D eigenvalue weighted by molar-refractivity contribution is 5.82. The van der Waals surface area contributed by atoms with E-state index in [1.54, 1.807) is 11.7 Å². The van der Waals surface area contributed by atoms with Gasteiger partial charge in [0.1, 0.15) is 17.0 Å². The number of ether oxygens (including phenoxy) is 2. The smallest absolute Gasteiger partial charge is 0.331 e. The average Bonchev–Trinajstić information content (AvgIpc) is 3.46. The Kier molecular flexibility index (Phi) is 8.61. The van der Waals surface area contributed by atoms with E-state index < -0.39 is 0 Å². The maximum absolute atomic E-state index is 13.0. The Morgan fingerprint density at radius 1 is 0.902 bits per heavy atom. The summed E-state index contributed by atoms with van der Waals surface area (Å²) in [4.78, 5) is 44.0. The van der Waals surface area contributed by atoms with Crippen LogP contribution in [0.25, 0.3) is 22.3 Å². The minimum Gasteiger partial charge on any atom is -0.497 e. The number of H-pyrrole nitrogens is 1. The minimum atomic E-state index is -0.294. The molecule has 9 nitrogen and oxygen atoms in total. The number of aromatic amines is 1. The van der Waals surface area contributed by atoms with Gasteiger partial charge in [-0.05, 0) is 85.2 Å². The number of carbonyl (C=O) groups is 1. The molecule has 1 aliphatic rings. The number of fused-ring (bicyclic) bond motifs is 1. The Morgan fingerprint density at radius 3 is 2.17 bits per heavy atom. The molecule has 0 spiro atoms. The van der Waals surface area contributed by atoms with Crippen molar-refractivity contribution in [3.63, 3.8) is 0 Å². The minimum absolute atomic E-state index is 0.0147. The molecule has 2 aromatic carbocycles. The number of nitrogens with one attached hydrogen (secondary N) is 1. The van der Waals surface area contributed by atoms with Gasteiger partial charge < -0.3 is 19.4 Å². The fourth-order valence-electron chi connectivity index (χ4n) is 5.61. The summed E-state index contributed by atoms with van der Waals surface area (Å²) in [7, 11) is 1.67. The van der Waals surface area contributed by atoms with Crippen molar-refractivity contribution in [3.05, 3.63) is 81.0 Å². The summed E-state index contributed by atoms with van der Waals surface area (Å²) >= 11 is 0. The van der Waals surface area contributed by atoms with Gasteiger partial charge in [0.2, 0.25) is 0 Å². The molecule has 0 bridgehead atoms. The Morgan fingerprint density at radius 2 is 1.54 bits per heavy atom. The molecular formula is C32H38N4O5. The van der Waals surface area contributed by atoms with E-state index >= 15 is 0 Å². The number of aryl methyl sites for hydroxylation is 1. The Labute approximate surface area is 239 Å². The Hall–Kier alpha value is -4.27. The summed E-state index contributed by atoms with van der Waals surface area (Å²) < 4.78 is 14.1. The number of nitrogens with zero attached hydrogens (tertiary/aromatic N) is 3. The molecule has 216 valence electrons. The Balaban J connectivity index is 1.22. The molecular weight excluding hydrogens is 520 g/mol. The molecule has 0 radical (unpaired) electrons. The van der Waals surface area contributed by atoms with Crippen molar-refractivity contribution < 1.29 is 14.3 Å². The van der Waals surface area contributed by atoms with Crippen molar-refractivity contribution >= 4 is 16.9 Å². The van der Waals surface area contributed by atoms with Crippen LogP contribution < -0.4 is 20.7 Å². The van der Waals surface area contributed by atoms with E-state index in [4.69, 9.17) is 9.47 Å². The number of aromatic nitrogens is 3. The van der Waals surface area contributed by atoms with E-state index in [0.29, 0.717) is 55.3 Å². The summed E-state index contributed by atoms with van der Waals surface area (Å²) in [5.41, 5.74) is 3.38. The highest BCUT2D eigenvalue weighted by Crippen LogP contribution is 2.29. The lowest BCUT2D eigenvalue weighted by Crippen LogP contribution is -2.40. The lowest BCUT2D eigenvalue weighted by Gasteiger charge is -2.32. The summed E-state index contributed by atoms with van der Waals surface area (Å²) in [6.07, 6.45) is 3.33. The number of amides is 1. The predicted molar refractivity (Wildman–Crippen MR) is 160 cm³/mol. The fraction of sp³-hybridized carbons (Fsp3) is 0.406. The van der Waals surface area contributed by atoms with E-state index in [1.165, 1.54) is 10.1 Å². The average molecular weight is 559 g/mol. The van der Waals surface area contributed by atoms with E-state index in [-0.39, 0.29) is 23.8 Å². The van der Waals surface area contributed by atoms with Gasteiger partial charge in [0.25, 0.3) is 11.5 Å². The van der Waals surface area contributed by atoms with Crippen LogP contribution in [0.5, 0.6) is 11.5 Å². The maximum atomic E-state index is 13.0. The molecule has 0 unspecified atom stereocenters. The molecule has 9 heteroatoms. The van der Waals surface area contributed by atoms with Crippen LogP contribution in [0.3, 0.4) is 0 Å². The molecule has 1 saturated heterocycles. The quantitative estimate of drug-likeness (QED) is 0.302. The van der Waals surface area contributed by atoms with Crippen molar-refractivity contribution in [3.8, 4) is 22.8 Å². The molecule has 0 atom stereocenters. The summed E-state index contributed by atoms with van der Waals surface area (Å²) in [5, 5.41) is 0.